The molecule has 1 N–H and O–H groups in total. The highest BCUT2D eigenvalue weighted by molar-refractivity contribution is 6.46. The van der Waals surface area contributed by atoms with E-state index in [2.05, 4.69) is 26.1 Å². The molecule has 1 heterocycles. The lowest BCUT2D eigenvalue weighted by Crippen LogP contribution is -2.32. The number of amides is 2. The summed E-state index contributed by atoms with van der Waals surface area (Å²) in [6, 6.07) is 20.7. The Hall–Kier alpha value is -3.86. The minimum Gasteiger partial charge on any atom is -0.497 e. The van der Waals surface area contributed by atoms with E-state index in [9.17, 15) is 9.59 Å². The Morgan fingerprint density at radius 3 is 2.06 bits per heavy atom. The van der Waals surface area contributed by atoms with Gasteiger partial charge >= 0.3 is 0 Å². The molecule has 174 valence electrons. The van der Waals surface area contributed by atoms with Crippen LogP contribution in [0.15, 0.2) is 72.4 Å². The van der Waals surface area contributed by atoms with E-state index in [-0.39, 0.29) is 22.9 Å². The largest absolute Gasteiger partial charge is 0.497 e. The van der Waals surface area contributed by atoms with E-state index in [1.807, 2.05) is 56.3 Å². The van der Waals surface area contributed by atoms with Crippen LogP contribution in [0.3, 0.4) is 0 Å². The Labute approximate surface area is 201 Å². The second-order valence-electron chi connectivity index (χ2n) is 9.59. The average Bonchev–Trinajstić information content (AvgIpc) is 3.05. The zero-order valence-electron chi connectivity index (χ0n) is 20.5. The maximum Gasteiger partial charge on any atom is 0.282 e. The maximum atomic E-state index is 13.7. The van der Waals surface area contributed by atoms with Crippen molar-refractivity contribution in [3.05, 3.63) is 94.7 Å². The molecule has 3 aromatic carbocycles. The van der Waals surface area contributed by atoms with Gasteiger partial charge in [-0.1, -0.05) is 57.2 Å². The lowest BCUT2D eigenvalue weighted by molar-refractivity contribution is -0.120. The summed E-state index contributed by atoms with van der Waals surface area (Å²) >= 11 is 0. The van der Waals surface area contributed by atoms with Crippen molar-refractivity contribution in [2.45, 2.75) is 40.0 Å². The van der Waals surface area contributed by atoms with Crippen molar-refractivity contribution in [1.82, 2.24) is 0 Å². The number of methoxy groups -OCH3 is 1. The molecule has 0 radical (unpaired) electrons. The minimum atomic E-state index is -0.375. The number of hydrogen-bond donors (Lipinski definition) is 1. The molecular weight excluding hydrogens is 424 g/mol. The molecule has 4 rings (SSSR count). The molecular formula is C29H30N2O3. The molecule has 0 spiro atoms. The first-order valence-corrected chi connectivity index (χ1v) is 11.3. The quantitative estimate of drug-likeness (QED) is 0.480. The first-order valence-electron chi connectivity index (χ1n) is 11.3. The lowest BCUT2D eigenvalue weighted by atomic mass is 9.87. The Morgan fingerprint density at radius 1 is 0.824 bits per heavy atom. The number of nitrogens with one attached hydrogen (secondary N) is 1. The average molecular weight is 455 g/mol. The van der Waals surface area contributed by atoms with E-state index >= 15 is 0 Å². The van der Waals surface area contributed by atoms with E-state index in [1.54, 1.807) is 31.4 Å². The lowest BCUT2D eigenvalue weighted by Gasteiger charge is -2.21. The molecule has 0 aromatic heterocycles. The van der Waals surface area contributed by atoms with Crippen LogP contribution in [-0.2, 0) is 15.0 Å². The van der Waals surface area contributed by atoms with E-state index in [0.717, 1.165) is 22.4 Å². The van der Waals surface area contributed by atoms with Crippen LogP contribution in [-0.4, -0.2) is 18.9 Å². The van der Waals surface area contributed by atoms with Crippen LogP contribution in [0.5, 0.6) is 5.75 Å². The zero-order chi connectivity index (χ0) is 24.6. The first kappa shape index (κ1) is 23.3. The zero-order valence-corrected chi connectivity index (χ0v) is 20.5. The second kappa shape index (κ2) is 8.82. The number of nitrogens with zero attached hydrogens (tertiary/aromatic N) is 1. The van der Waals surface area contributed by atoms with Crippen molar-refractivity contribution in [2.24, 2.45) is 0 Å². The predicted molar refractivity (Wildman–Crippen MR) is 137 cm³/mol. The van der Waals surface area contributed by atoms with Crippen molar-refractivity contribution < 1.29 is 14.3 Å². The smallest absolute Gasteiger partial charge is 0.282 e. The molecule has 2 amide bonds. The minimum absolute atomic E-state index is 0.0283. The van der Waals surface area contributed by atoms with E-state index in [4.69, 9.17) is 4.74 Å². The van der Waals surface area contributed by atoms with Crippen LogP contribution in [0.25, 0.3) is 5.57 Å². The van der Waals surface area contributed by atoms with Crippen LogP contribution in [0, 0.1) is 13.8 Å². The topological polar surface area (TPSA) is 58.6 Å². The van der Waals surface area contributed by atoms with Crippen molar-refractivity contribution in [1.29, 1.82) is 0 Å². The Bertz CT molecular complexity index is 1280. The SMILES string of the molecule is COc1ccc(C2=C(Nc3cccc(C)c3C)C(=O)N(c3ccc(C(C)(C)C)cc3)C2=O)cc1. The Balaban J connectivity index is 1.80. The summed E-state index contributed by atoms with van der Waals surface area (Å²) in [6.07, 6.45) is 0. The molecule has 1 aliphatic heterocycles. The number of aryl methyl sites for hydroxylation is 1. The third-order valence-corrected chi connectivity index (χ3v) is 6.32. The van der Waals surface area contributed by atoms with Gasteiger partial charge in [-0.15, -0.1) is 0 Å². The van der Waals surface area contributed by atoms with Crippen LogP contribution >= 0.6 is 0 Å². The van der Waals surface area contributed by atoms with Gasteiger partial charge in [0.15, 0.2) is 0 Å². The van der Waals surface area contributed by atoms with Crippen molar-refractivity contribution in [3.63, 3.8) is 0 Å². The van der Waals surface area contributed by atoms with Gasteiger partial charge in [0.25, 0.3) is 11.8 Å². The van der Waals surface area contributed by atoms with Gasteiger partial charge in [0.2, 0.25) is 0 Å². The molecule has 0 atom stereocenters. The summed E-state index contributed by atoms with van der Waals surface area (Å²) in [5, 5.41) is 3.28. The van der Waals surface area contributed by atoms with Crippen LogP contribution in [0.4, 0.5) is 11.4 Å². The molecule has 0 aliphatic carbocycles. The third-order valence-electron chi connectivity index (χ3n) is 6.32. The number of carbonyl (C=O) groups is 2. The Morgan fingerprint density at radius 2 is 1.47 bits per heavy atom. The van der Waals surface area contributed by atoms with E-state index < -0.39 is 0 Å². The summed E-state index contributed by atoms with van der Waals surface area (Å²) in [4.78, 5) is 28.6. The molecule has 0 saturated heterocycles. The van der Waals surface area contributed by atoms with Crippen molar-refractivity contribution in [3.8, 4) is 5.75 Å². The fourth-order valence-electron chi connectivity index (χ4n) is 4.04. The molecule has 3 aromatic rings. The highest BCUT2D eigenvalue weighted by atomic mass is 16.5. The van der Waals surface area contributed by atoms with Crippen molar-refractivity contribution >= 4 is 28.8 Å². The molecule has 5 nitrogen and oxygen atoms in total. The number of hydrogen-bond acceptors (Lipinski definition) is 4. The molecule has 0 bridgehead atoms. The number of ether oxygens (including phenoxy) is 1. The number of benzene rings is 3. The molecule has 0 unspecified atom stereocenters. The van der Waals surface area contributed by atoms with Crippen LogP contribution in [0.1, 0.15) is 43.0 Å². The number of anilines is 2. The Kier molecular flexibility index (Phi) is 6.05. The summed E-state index contributed by atoms with van der Waals surface area (Å²) < 4.78 is 5.27. The van der Waals surface area contributed by atoms with E-state index in [0.29, 0.717) is 22.6 Å². The third kappa shape index (κ3) is 4.21. The molecule has 0 fully saturated rings. The van der Waals surface area contributed by atoms with Gasteiger partial charge in [-0.05, 0) is 71.8 Å². The fourth-order valence-corrected chi connectivity index (χ4v) is 4.04. The summed E-state index contributed by atoms with van der Waals surface area (Å²) in [6.45, 7) is 10.4. The van der Waals surface area contributed by atoms with Gasteiger partial charge in [0.05, 0.1) is 18.4 Å². The van der Waals surface area contributed by atoms with Gasteiger partial charge in [-0.25, -0.2) is 4.90 Å². The van der Waals surface area contributed by atoms with E-state index in [1.165, 1.54) is 4.90 Å². The van der Waals surface area contributed by atoms with Gasteiger partial charge in [-0.2, -0.15) is 0 Å². The summed E-state index contributed by atoms with van der Waals surface area (Å²) in [7, 11) is 1.59. The summed E-state index contributed by atoms with van der Waals surface area (Å²) in [5.41, 5.74) is 5.84. The molecule has 34 heavy (non-hydrogen) atoms. The highest BCUT2D eigenvalue weighted by Crippen LogP contribution is 2.36. The number of carbonyl (C=O) groups excluding carboxylic acids is 2. The maximum absolute atomic E-state index is 13.7. The number of imide groups is 1. The van der Waals surface area contributed by atoms with Gasteiger partial charge < -0.3 is 10.1 Å². The fraction of sp³-hybridized carbons (Fsp3) is 0.241. The van der Waals surface area contributed by atoms with Gasteiger partial charge in [0.1, 0.15) is 11.4 Å². The standard InChI is InChI=1S/C29H30N2O3/c1-18-8-7-9-24(19(18)2)30-26-25(20-10-16-23(34-6)17-11-20)27(32)31(28(26)33)22-14-12-21(13-15-22)29(3,4)5/h7-17,30H,1-6H3. The first-order chi connectivity index (χ1) is 16.1. The number of rotatable bonds is 5. The summed E-state index contributed by atoms with van der Waals surface area (Å²) in [5.74, 6) is -0.0495. The van der Waals surface area contributed by atoms with Crippen molar-refractivity contribution in [2.75, 3.05) is 17.3 Å². The van der Waals surface area contributed by atoms with Crippen LogP contribution in [0.2, 0.25) is 0 Å². The second-order valence-corrected chi connectivity index (χ2v) is 9.59. The molecule has 5 heteroatoms. The molecule has 1 aliphatic rings. The van der Waals surface area contributed by atoms with Gasteiger partial charge in [-0.3, -0.25) is 9.59 Å². The normalized spacial score (nSPS) is 14.1. The monoisotopic (exact) mass is 454 g/mol. The highest BCUT2D eigenvalue weighted by Gasteiger charge is 2.40. The van der Waals surface area contributed by atoms with Gasteiger partial charge in [0, 0.05) is 5.69 Å². The molecule has 0 saturated carbocycles. The predicted octanol–water partition coefficient (Wildman–Crippen LogP) is 6.01. The van der Waals surface area contributed by atoms with Crippen LogP contribution < -0.4 is 15.0 Å².